The second kappa shape index (κ2) is 10.2. The minimum Gasteiger partial charge on any atom is -0.451 e. The van der Waals surface area contributed by atoms with Gasteiger partial charge in [-0.15, -0.1) is 11.3 Å². The van der Waals surface area contributed by atoms with Crippen LogP contribution >= 0.6 is 34.5 Å². The van der Waals surface area contributed by atoms with Crippen molar-refractivity contribution in [1.82, 2.24) is 4.31 Å². The zero-order chi connectivity index (χ0) is 24.5. The Hall–Kier alpha value is -2.24. The predicted octanol–water partition coefficient (Wildman–Crippen LogP) is 5.32. The largest absolute Gasteiger partial charge is 0.451 e. The number of benzene rings is 2. The molecule has 1 aliphatic rings. The number of carbonyl (C=O) groups is 2. The molecule has 2 aromatic carbocycles. The fourth-order valence-electron chi connectivity index (χ4n) is 3.57. The molecule has 1 aromatic heterocycles. The molecule has 0 radical (unpaired) electrons. The highest BCUT2D eigenvalue weighted by atomic mass is 35.5. The molecule has 2 heterocycles. The first-order valence-corrected chi connectivity index (χ1v) is 13.3. The van der Waals surface area contributed by atoms with E-state index in [9.17, 15) is 22.4 Å². The van der Waals surface area contributed by atoms with Gasteiger partial charge in [0, 0.05) is 23.2 Å². The van der Waals surface area contributed by atoms with Crippen molar-refractivity contribution < 1.29 is 27.1 Å². The summed E-state index contributed by atoms with van der Waals surface area (Å²) in [7, 11) is -3.72. The number of rotatable bonds is 6. The highest BCUT2D eigenvalue weighted by Crippen LogP contribution is 2.36. The number of anilines is 1. The molecule has 0 bridgehead atoms. The maximum Gasteiger partial charge on any atom is 0.350 e. The van der Waals surface area contributed by atoms with Gasteiger partial charge < -0.3 is 10.1 Å². The molecule has 0 unspecified atom stereocenters. The Morgan fingerprint density at radius 2 is 1.82 bits per heavy atom. The Labute approximate surface area is 209 Å². The monoisotopic (exact) mass is 544 g/mol. The average molecular weight is 545 g/mol. The minimum absolute atomic E-state index is 0.00962. The molecule has 7 nitrogen and oxygen atoms in total. The lowest BCUT2D eigenvalue weighted by molar-refractivity contribution is -0.119. The molecule has 180 valence electrons. The second-order valence-electron chi connectivity index (χ2n) is 7.62. The number of piperidine rings is 1. The smallest absolute Gasteiger partial charge is 0.350 e. The zero-order valence-corrected chi connectivity index (χ0v) is 20.8. The average Bonchev–Trinajstić information content (AvgIpc) is 3.15. The number of thiophene rings is 1. The van der Waals surface area contributed by atoms with Crippen molar-refractivity contribution in [2.24, 2.45) is 0 Å². The number of esters is 1. The van der Waals surface area contributed by atoms with E-state index in [0.717, 1.165) is 30.6 Å². The third kappa shape index (κ3) is 5.21. The van der Waals surface area contributed by atoms with Crippen LogP contribution in [0.2, 0.25) is 10.0 Å². The predicted molar refractivity (Wildman–Crippen MR) is 130 cm³/mol. The van der Waals surface area contributed by atoms with Gasteiger partial charge in [-0.3, -0.25) is 4.79 Å². The normalized spacial score (nSPS) is 14.8. The van der Waals surface area contributed by atoms with Crippen molar-refractivity contribution in [1.29, 1.82) is 0 Å². The van der Waals surface area contributed by atoms with Crippen LogP contribution in [0.4, 0.5) is 10.1 Å². The Balaban J connectivity index is 1.43. The van der Waals surface area contributed by atoms with Crippen LogP contribution in [0.3, 0.4) is 0 Å². The fraction of sp³-hybridized carbons (Fsp3) is 0.273. The highest BCUT2D eigenvalue weighted by Gasteiger charge is 2.27. The maximum atomic E-state index is 13.4. The number of ether oxygens (including phenoxy) is 1. The number of carbonyl (C=O) groups excluding carboxylic acids is 2. The molecular weight excluding hydrogens is 526 g/mol. The van der Waals surface area contributed by atoms with Crippen molar-refractivity contribution in [2.45, 2.75) is 24.2 Å². The quantitative estimate of drug-likeness (QED) is 0.424. The summed E-state index contributed by atoms with van der Waals surface area (Å²) < 4.78 is 46.2. The summed E-state index contributed by atoms with van der Waals surface area (Å²) in [6.45, 7) is 0.224. The van der Waals surface area contributed by atoms with Gasteiger partial charge in [0.2, 0.25) is 10.0 Å². The van der Waals surface area contributed by atoms with E-state index in [1.807, 2.05) is 0 Å². The first-order valence-electron chi connectivity index (χ1n) is 10.3. The lowest BCUT2D eigenvalue weighted by atomic mass is 10.2. The van der Waals surface area contributed by atoms with E-state index < -0.39 is 34.3 Å². The van der Waals surface area contributed by atoms with Crippen molar-refractivity contribution in [3.63, 3.8) is 0 Å². The second-order valence-corrected chi connectivity index (χ2v) is 11.4. The number of amides is 1. The summed E-state index contributed by atoms with van der Waals surface area (Å²) >= 11 is 13.3. The van der Waals surface area contributed by atoms with Gasteiger partial charge in [-0.1, -0.05) is 29.6 Å². The van der Waals surface area contributed by atoms with Crippen LogP contribution in [0.25, 0.3) is 10.1 Å². The van der Waals surface area contributed by atoms with Gasteiger partial charge in [-0.2, -0.15) is 4.31 Å². The van der Waals surface area contributed by atoms with Crippen LogP contribution < -0.4 is 5.32 Å². The number of hydrogen-bond donors (Lipinski definition) is 1. The van der Waals surface area contributed by atoms with E-state index in [0.29, 0.717) is 23.2 Å². The third-order valence-electron chi connectivity index (χ3n) is 5.28. The van der Waals surface area contributed by atoms with E-state index in [2.05, 4.69) is 5.32 Å². The molecule has 0 atom stereocenters. The molecule has 3 aromatic rings. The summed E-state index contributed by atoms with van der Waals surface area (Å²) in [5, 5.41) is 3.22. The third-order valence-corrected chi connectivity index (χ3v) is 9.14. The summed E-state index contributed by atoms with van der Waals surface area (Å²) in [6, 6.07) is 7.99. The van der Waals surface area contributed by atoms with Crippen molar-refractivity contribution in [3.8, 4) is 0 Å². The lowest BCUT2D eigenvalue weighted by Crippen LogP contribution is -2.35. The molecule has 1 saturated heterocycles. The standard InChI is InChI=1S/C22H19Cl2FN2O5S2/c23-16-7-5-14(34(30,31)27-8-2-1-3-9-27)11-17(16)26-19(28)12-32-22(29)21-20(24)15-6-4-13(25)10-18(15)33-21/h4-7,10-11H,1-3,8-9,12H2,(H,26,28). The SMILES string of the molecule is O=C(COC(=O)c1sc2cc(F)ccc2c1Cl)Nc1cc(S(=O)(=O)N2CCCCC2)ccc1Cl. The van der Waals surface area contributed by atoms with E-state index in [-0.39, 0.29) is 25.5 Å². The van der Waals surface area contributed by atoms with Crippen LogP contribution in [0.15, 0.2) is 41.3 Å². The van der Waals surface area contributed by atoms with Gasteiger partial charge in [0.15, 0.2) is 6.61 Å². The minimum atomic E-state index is -3.72. The number of hydrogen-bond acceptors (Lipinski definition) is 6. The fourth-order valence-corrected chi connectivity index (χ4v) is 6.70. The Kier molecular flexibility index (Phi) is 7.44. The van der Waals surface area contributed by atoms with Gasteiger partial charge in [-0.25, -0.2) is 17.6 Å². The molecule has 1 N–H and O–H groups in total. The molecule has 1 fully saturated rings. The van der Waals surface area contributed by atoms with Crippen molar-refractivity contribution >= 4 is 72.2 Å². The number of halogens is 3. The molecule has 4 rings (SSSR count). The topological polar surface area (TPSA) is 92.8 Å². The molecule has 34 heavy (non-hydrogen) atoms. The number of sulfonamides is 1. The Morgan fingerprint density at radius 1 is 1.09 bits per heavy atom. The molecule has 0 spiro atoms. The van der Waals surface area contributed by atoms with Crippen molar-refractivity contribution in [2.75, 3.05) is 25.0 Å². The number of nitrogens with one attached hydrogen (secondary N) is 1. The maximum absolute atomic E-state index is 13.4. The molecule has 12 heteroatoms. The molecule has 0 aliphatic carbocycles. The Bertz CT molecular complexity index is 1370. The van der Waals surface area contributed by atoms with Crippen molar-refractivity contribution in [3.05, 3.63) is 57.1 Å². The molecular formula is C22H19Cl2FN2O5S2. The summed E-state index contributed by atoms with van der Waals surface area (Å²) in [4.78, 5) is 24.9. The van der Waals surface area contributed by atoms with E-state index in [1.54, 1.807) is 0 Å². The van der Waals surface area contributed by atoms with Crippen LogP contribution in [-0.2, 0) is 19.6 Å². The lowest BCUT2D eigenvalue weighted by Gasteiger charge is -2.26. The highest BCUT2D eigenvalue weighted by molar-refractivity contribution is 7.89. The van der Waals surface area contributed by atoms with Gasteiger partial charge in [0.1, 0.15) is 10.7 Å². The number of fused-ring (bicyclic) bond motifs is 1. The Morgan fingerprint density at radius 3 is 2.56 bits per heavy atom. The first-order chi connectivity index (χ1) is 16.2. The summed E-state index contributed by atoms with van der Waals surface area (Å²) in [5.74, 6) is -2.02. The number of nitrogens with zero attached hydrogens (tertiary/aromatic N) is 1. The zero-order valence-electron chi connectivity index (χ0n) is 17.6. The van der Waals surface area contributed by atoms with Crippen LogP contribution in [0.1, 0.15) is 28.9 Å². The van der Waals surface area contributed by atoms with E-state index in [4.69, 9.17) is 27.9 Å². The first kappa shape index (κ1) is 24.9. The van der Waals surface area contributed by atoms with Gasteiger partial charge in [0.05, 0.1) is 20.6 Å². The van der Waals surface area contributed by atoms with Gasteiger partial charge >= 0.3 is 5.97 Å². The summed E-state index contributed by atoms with van der Waals surface area (Å²) in [6.07, 6.45) is 2.57. The molecule has 1 aliphatic heterocycles. The molecule has 1 amide bonds. The summed E-state index contributed by atoms with van der Waals surface area (Å²) in [5.41, 5.74) is 0.0798. The van der Waals surface area contributed by atoms with E-state index >= 15 is 0 Å². The van der Waals surface area contributed by atoms with Gasteiger partial charge in [0.25, 0.3) is 5.91 Å². The van der Waals surface area contributed by atoms with Crippen LogP contribution in [0, 0.1) is 5.82 Å². The van der Waals surface area contributed by atoms with Crippen LogP contribution in [0.5, 0.6) is 0 Å². The molecule has 0 saturated carbocycles. The van der Waals surface area contributed by atoms with Gasteiger partial charge in [-0.05, 0) is 49.2 Å². The van der Waals surface area contributed by atoms with E-state index in [1.165, 1.54) is 40.7 Å². The van der Waals surface area contributed by atoms with Crippen LogP contribution in [-0.4, -0.2) is 44.3 Å².